The van der Waals surface area contributed by atoms with E-state index in [-0.39, 0.29) is 11.2 Å². The lowest BCUT2D eigenvalue weighted by Gasteiger charge is -2.42. The van der Waals surface area contributed by atoms with Gasteiger partial charge in [-0.15, -0.1) is 0 Å². The lowest BCUT2D eigenvalue weighted by Crippen LogP contribution is -2.34. The van der Waals surface area contributed by atoms with Gasteiger partial charge in [-0.1, -0.05) is 49.8 Å². The van der Waals surface area contributed by atoms with Crippen molar-refractivity contribution in [3.05, 3.63) is 47.1 Å². The maximum atomic E-state index is 12.2. The number of hydrogen-bond donors (Lipinski definition) is 3. The highest BCUT2D eigenvalue weighted by atomic mass is 16.3. The molecule has 2 fully saturated rings. The molecule has 0 aliphatic heterocycles. The van der Waals surface area contributed by atoms with Crippen LogP contribution in [0.3, 0.4) is 0 Å². The Bertz CT molecular complexity index is 810. The first kappa shape index (κ1) is 24.2. The molecule has 0 spiro atoms. The molecular formula is C27H40O4. The van der Waals surface area contributed by atoms with Gasteiger partial charge >= 0.3 is 0 Å². The summed E-state index contributed by atoms with van der Waals surface area (Å²) in [6, 6.07) is 0. The smallest absolute Gasteiger partial charge is 0.163 e. The van der Waals surface area contributed by atoms with Crippen molar-refractivity contribution in [2.45, 2.75) is 96.9 Å². The SMILES string of the molecule is C=C1/C(=C/C=C2\CCC[C@]3(C)C([C@H](C)CCC(=O)C(C)(C)O)=CCC23)C[C@@H](O)C[C@@H]1O. The molecule has 172 valence electrons. The Morgan fingerprint density at radius 2 is 2.06 bits per heavy atom. The third-order valence-electron chi connectivity index (χ3n) is 7.89. The molecule has 3 aliphatic carbocycles. The van der Waals surface area contributed by atoms with Crippen molar-refractivity contribution in [1.82, 2.24) is 0 Å². The van der Waals surface area contributed by atoms with E-state index in [0.717, 1.165) is 43.3 Å². The largest absolute Gasteiger partial charge is 0.393 e. The van der Waals surface area contributed by atoms with Gasteiger partial charge in [0.05, 0.1) is 12.2 Å². The van der Waals surface area contributed by atoms with Crippen LogP contribution in [0.25, 0.3) is 0 Å². The van der Waals surface area contributed by atoms with Gasteiger partial charge in [-0.3, -0.25) is 4.79 Å². The number of carbonyl (C=O) groups is 1. The van der Waals surface area contributed by atoms with Gasteiger partial charge < -0.3 is 15.3 Å². The van der Waals surface area contributed by atoms with E-state index in [1.165, 1.54) is 11.1 Å². The summed E-state index contributed by atoms with van der Waals surface area (Å²) in [5, 5.41) is 30.1. The second kappa shape index (κ2) is 9.17. The summed E-state index contributed by atoms with van der Waals surface area (Å²) < 4.78 is 0. The van der Waals surface area contributed by atoms with Crippen molar-refractivity contribution < 1.29 is 20.1 Å². The number of fused-ring (bicyclic) bond motifs is 1. The fourth-order valence-corrected chi connectivity index (χ4v) is 5.89. The Kier molecular flexibility index (Phi) is 7.15. The second-order valence-corrected chi connectivity index (χ2v) is 10.7. The number of ketones is 1. The molecule has 0 heterocycles. The second-order valence-electron chi connectivity index (χ2n) is 10.7. The van der Waals surface area contributed by atoms with Crippen LogP contribution in [0.2, 0.25) is 0 Å². The molecule has 4 nitrogen and oxygen atoms in total. The number of allylic oxidation sites excluding steroid dienone is 5. The first-order chi connectivity index (χ1) is 14.4. The Labute approximate surface area is 187 Å². The fraction of sp³-hybridized carbons (Fsp3) is 0.667. The highest BCUT2D eigenvalue weighted by molar-refractivity contribution is 5.86. The third-order valence-corrected chi connectivity index (χ3v) is 7.89. The van der Waals surface area contributed by atoms with Crippen molar-refractivity contribution in [1.29, 1.82) is 0 Å². The van der Waals surface area contributed by atoms with E-state index in [9.17, 15) is 20.1 Å². The van der Waals surface area contributed by atoms with Crippen molar-refractivity contribution in [3.8, 4) is 0 Å². The molecule has 0 aromatic carbocycles. The van der Waals surface area contributed by atoms with E-state index in [1.54, 1.807) is 13.8 Å². The van der Waals surface area contributed by atoms with Crippen LogP contribution in [0.4, 0.5) is 0 Å². The Morgan fingerprint density at radius 1 is 1.35 bits per heavy atom. The van der Waals surface area contributed by atoms with Crippen LogP contribution in [0.1, 0.15) is 79.1 Å². The molecule has 31 heavy (non-hydrogen) atoms. The van der Waals surface area contributed by atoms with E-state index in [4.69, 9.17) is 0 Å². The summed E-state index contributed by atoms with van der Waals surface area (Å²) in [6.45, 7) is 11.7. The molecule has 3 aliphatic rings. The van der Waals surface area contributed by atoms with Crippen LogP contribution >= 0.6 is 0 Å². The third kappa shape index (κ3) is 5.13. The van der Waals surface area contributed by atoms with E-state index in [2.05, 4.69) is 38.7 Å². The molecule has 0 saturated heterocycles. The Hall–Kier alpha value is -1.49. The topological polar surface area (TPSA) is 77.8 Å². The molecule has 2 saturated carbocycles. The standard InChI is InChI=1S/C27H40O4/c1-17(8-13-25(30)26(3,4)31)22-11-12-23-19(7-6-14-27(22,23)5)9-10-20-15-21(28)16-24(29)18(20)2/h9-11,17,21,23-24,28-29,31H,2,6-8,12-16H2,1,3-5H3/b19-9+,20-10+/t17-,21-,23?,24+,27-/m1/s1. The van der Waals surface area contributed by atoms with Gasteiger partial charge in [-0.25, -0.2) is 0 Å². The van der Waals surface area contributed by atoms with Crippen molar-refractivity contribution in [3.63, 3.8) is 0 Å². The van der Waals surface area contributed by atoms with E-state index in [0.29, 0.717) is 31.1 Å². The lowest BCUT2D eigenvalue weighted by molar-refractivity contribution is -0.134. The minimum absolute atomic E-state index is 0.0902. The molecule has 0 aromatic heterocycles. The minimum Gasteiger partial charge on any atom is -0.393 e. The van der Waals surface area contributed by atoms with Crippen LogP contribution in [-0.4, -0.2) is 38.9 Å². The number of carbonyl (C=O) groups excluding carboxylic acids is 1. The van der Waals surface area contributed by atoms with Crippen LogP contribution < -0.4 is 0 Å². The van der Waals surface area contributed by atoms with Crippen LogP contribution in [-0.2, 0) is 4.79 Å². The number of Topliss-reactive ketones (excluding diaryl/α,β-unsaturated/α-hetero) is 1. The number of aliphatic hydroxyl groups is 3. The minimum atomic E-state index is -1.26. The number of rotatable bonds is 6. The van der Waals surface area contributed by atoms with Crippen molar-refractivity contribution in [2.24, 2.45) is 17.3 Å². The highest BCUT2D eigenvalue weighted by Gasteiger charge is 2.46. The summed E-state index contributed by atoms with van der Waals surface area (Å²) >= 11 is 0. The normalized spacial score (nSPS) is 35.3. The Balaban J connectivity index is 1.73. The first-order valence-electron chi connectivity index (χ1n) is 11.8. The summed E-state index contributed by atoms with van der Waals surface area (Å²) in [5.41, 5.74) is 3.45. The van der Waals surface area contributed by atoms with Crippen molar-refractivity contribution >= 4 is 5.78 Å². The predicted octanol–water partition coefficient (Wildman–Crippen LogP) is 4.80. The van der Waals surface area contributed by atoms with Gasteiger partial charge in [0.25, 0.3) is 0 Å². The summed E-state index contributed by atoms with van der Waals surface area (Å²) in [5.74, 6) is 0.697. The van der Waals surface area contributed by atoms with Gasteiger partial charge in [-0.05, 0) is 80.8 Å². The number of hydrogen-bond acceptors (Lipinski definition) is 4. The zero-order valence-electron chi connectivity index (χ0n) is 19.7. The molecule has 0 bridgehead atoms. The highest BCUT2D eigenvalue weighted by Crippen LogP contribution is 2.57. The average molecular weight is 429 g/mol. The molecule has 3 N–H and O–H groups in total. The van der Waals surface area contributed by atoms with Crippen molar-refractivity contribution in [2.75, 3.05) is 0 Å². The first-order valence-corrected chi connectivity index (χ1v) is 11.8. The molecule has 1 unspecified atom stereocenters. The molecule has 0 aromatic rings. The molecule has 0 radical (unpaired) electrons. The number of aliphatic hydroxyl groups excluding tert-OH is 2. The zero-order valence-corrected chi connectivity index (χ0v) is 19.7. The maximum absolute atomic E-state index is 12.2. The van der Waals surface area contributed by atoms with Crippen LogP contribution in [0.15, 0.2) is 47.1 Å². The monoisotopic (exact) mass is 428 g/mol. The molecule has 5 atom stereocenters. The van der Waals surface area contributed by atoms with E-state index < -0.39 is 17.8 Å². The average Bonchev–Trinajstić information content (AvgIpc) is 3.04. The quantitative estimate of drug-likeness (QED) is 0.531. The molecule has 3 rings (SSSR count). The lowest BCUT2D eigenvalue weighted by atomic mass is 9.62. The van der Waals surface area contributed by atoms with Gasteiger partial charge in [0, 0.05) is 12.8 Å². The molecule has 0 amide bonds. The fourth-order valence-electron chi connectivity index (χ4n) is 5.89. The maximum Gasteiger partial charge on any atom is 0.163 e. The predicted molar refractivity (Wildman–Crippen MR) is 124 cm³/mol. The molecular weight excluding hydrogens is 388 g/mol. The van der Waals surface area contributed by atoms with Gasteiger partial charge in [0.2, 0.25) is 0 Å². The van der Waals surface area contributed by atoms with Gasteiger partial charge in [0.15, 0.2) is 5.78 Å². The summed E-state index contributed by atoms with van der Waals surface area (Å²) in [7, 11) is 0. The zero-order chi connectivity index (χ0) is 23.0. The van der Waals surface area contributed by atoms with Crippen LogP contribution in [0, 0.1) is 17.3 Å². The van der Waals surface area contributed by atoms with Gasteiger partial charge in [-0.2, -0.15) is 0 Å². The van der Waals surface area contributed by atoms with E-state index >= 15 is 0 Å². The van der Waals surface area contributed by atoms with Gasteiger partial charge in [0.1, 0.15) is 5.60 Å². The van der Waals surface area contributed by atoms with E-state index in [1.807, 2.05) is 0 Å². The summed E-state index contributed by atoms with van der Waals surface area (Å²) in [6.07, 6.45) is 12.0. The van der Waals surface area contributed by atoms with Crippen LogP contribution in [0.5, 0.6) is 0 Å². The summed E-state index contributed by atoms with van der Waals surface area (Å²) in [4.78, 5) is 12.2. The Morgan fingerprint density at radius 3 is 2.74 bits per heavy atom. The molecule has 4 heteroatoms.